The maximum Gasteiger partial charge on any atom is 0.300 e. The first-order valence-electron chi connectivity index (χ1n) is 10.6. The van der Waals surface area contributed by atoms with Gasteiger partial charge in [-0.05, 0) is 22.9 Å². The highest BCUT2D eigenvalue weighted by Crippen LogP contribution is 2.44. The summed E-state index contributed by atoms with van der Waals surface area (Å²) in [4.78, 5) is 28.0. The third kappa shape index (κ3) is 3.38. The van der Waals surface area contributed by atoms with Gasteiger partial charge >= 0.3 is 0 Å². The van der Waals surface area contributed by atoms with Gasteiger partial charge in [0.15, 0.2) is 0 Å². The van der Waals surface area contributed by atoms with Crippen LogP contribution in [0.3, 0.4) is 0 Å². The van der Waals surface area contributed by atoms with Crippen molar-refractivity contribution in [3.8, 4) is 11.5 Å². The van der Waals surface area contributed by atoms with Crippen molar-refractivity contribution in [1.29, 1.82) is 0 Å². The molecule has 4 aromatic rings. The van der Waals surface area contributed by atoms with E-state index in [0.29, 0.717) is 28.5 Å². The fourth-order valence-electron chi connectivity index (χ4n) is 4.32. The molecular formula is C27H21NO6. The standard InChI is InChI=1S/C27H21NO6/c1-32-18-13-17(14-19(15-18)33-2)28-24(22-11-6-12-34-22)23(26(30)27(28)31)25(29)21-10-5-8-16-7-3-4-9-20(16)21/h3-15,24,29H,1-2H3/b25-23-. The lowest BCUT2D eigenvalue weighted by Crippen LogP contribution is -2.29. The Hall–Kier alpha value is -4.52. The Labute approximate surface area is 195 Å². The number of benzene rings is 3. The Kier molecular flexibility index (Phi) is 5.30. The number of ether oxygens (including phenoxy) is 2. The van der Waals surface area contributed by atoms with Crippen molar-refractivity contribution in [3.63, 3.8) is 0 Å². The molecule has 1 saturated heterocycles. The van der Waals surface area contributed by atoms with Gasteiger partial charge in [-0.3, -0.25) is 14.5 Å². The van der Waals surface area contributed by atoms with E-state index in [1.54, 1.807) is 42.5 Å². The predicted molar refractivity (Wildman–Crippen MR) is 127 cm³/mol. The van der Waals surface area contributed by atoms with Gasteiger partial charge in [-0.25, -0.2) is 0 Å². The molecule has 1 aliphatic heterocycles. The van der Waals surface area contributed by atoms with Gasteiger partial charge < -0.3 is 19.0 Å². The minimum Gasteiger partial charge on any atom is -0.507 e. The van der Waals surface area contributed by atoms with Gasteiger partial charge in [0.1, 0.15) is 29.1 Å². The summed E-state index contributed by atoms with van der Waals surface area (Å²) in [7, 11) is 2.99. The van der Waals surface area contributed by atoms with E-state index in [9.17, 15) is 14.7 Å². The SMILES string of the molecule is COc1cc(OC)cc(N2C(=O)C(=O)/C(=C(\O)c3cccc4ccccc34)C2c2ccco2)c1. The van der Waals surface area contributed by atoms with Crippen LogP contribution in [-0.2, 0) is 9.59 Å². The van der Waals surface area contributed by atoms with Gasteiger partial charge in [-0.15, -0.1) is 0 Å². The first kappa shape index (κ1) is 21.3. The zero-order valence-corrected chi connectivity index (χ0v) is 18.5. The lowest BCUT2D eigenvalue weighted by molar-refractivity contribution is -0.132. The molecule has 7 heteroatoms. The van der Waals surface area contributed by atoms with Gasteiger partial charge in [0.25, 0.3) is 11.7 Å². The number of anilines is 1. The second kappa shape index (κ2) is 8.44. The molecule has 0 saturated carbocycles. The van der Waals surface area contributed by atoms with Crippen molar-refractivity contribution in [3.05, 3.63) is 96.0 Å². The number of furan rings is 1. The van der Waals surface area contributed by atoms with Crippen LogP contribution in [0.1, 0.15) is 17.4 Å². The van der Waals surface area contributed by atoms with Crippen LogP contribution in [0.5, 0.6) is 11.5 Å². The molecule has 0 radical (unpaired) electrons. The van der Waals surface area contributed by atoms with Crippen LogP contribution in [0.2, 0.25) is 0 Å². The summed E-state index contributed by atoms with van der Waals surface area (Å²) in [5, 5.41) is 13.1. The van der Waals surface area contributed by atoms with Gasteiger partial charge in [-0.2, -0.15) is 0 Å². The Morgan fingerprint density at radius 2 is 1.62 bits per heavy atom. The molecule has 3 aromatic carbocycles. The molecule has 1 amide bonds. The van der Waals surface area contributed by atoms with Crippen molar-refractivity contribution in [2.24, 2.45) is 0 Å². The molecule has 34 heavy (non-hydrogen) atoms. The number of ketones is 1. The maximum atomic E-state index is 13.3. The second-order valence-electron chi connectivity index (χ2n) is 7.78. The third-order valence-corrected chi connectivity index (χ3v) is 5.92. The molecule has 170 valence electrons. The van der Waals surface area contributed by atoms with Crippen LogP contribution in [0.25, 0.3) is 16.5 Å². The lowest BCUT2D eigenvalue weighted by atomic mass is 9.96. The van der Waals surface area contributed by atoms with Gasteiger partial charge in [-0.1, -0.05) is 42.5 Å². The number of rotatable bonds is 5. The van der Waals surface area contributed by atoms with Crippen molar-refractivity contribution in [2.45, 2.75) is 6.04 Å². The van der Waals surface area contributed by atoms with E-state index in [4.69, 9.17) is 13.9 Å². The van der Waals surface area contributed by atoms with Gasteiger partial charge in [0.2, 0.25) is 0 Å². The van der Waals surface area contributed by atoms with Crippen molar-refractivity contribution in [2.75, 3.05) is 19.1 Å². The highest BCUT2D eigenvalue weighted by molar-refractivity contribution is 6.51. The molecule has 1 fully saturated rings. The van der Waals surface area contributed by atoms with Crippen LogP contribution in [0.4, 0.5) is 5.69 Å². The van der Waals surface area contributed by atoms with Crippen molar-refractivity contribution < 1.29 is 28.6 Å². The van der Waals surface area contributed by atoms with E-state index in [1.165, 1.54) is 25.4 Å². The Morgan fingerprint density at radius 1 is 0.912 bits per heavy atom. The number of nitrogens with zero attached hydrogens (tertiary/aromatic N) is 1. The summed E-state index contributed by atoms with van der Waals surface area (Å²) in [5.74, 6) is -0.643. The van der Waals surface area contributed by atoms with Crippen LogP contribution >= 0.6 is 0 Å². The van der Waals surface area contributed by atoms with Crippen molar-refractivity contribution in [1.82, 2.24) is 0 Å². The van der Waals surface area contributed by atoms with Gasteiger partial charge in [0.05, 0.1) is 31.7 Å². The maximum absolute atomic E-state index is 13.3. The van der Waals surface area contributed by atoms with Crippen molar-refractivity contribution >= 4 is 33.9 Å². The summed E-state index contributed by atoms with van der Waals surface area (Å²) in [6, 6.07) is 20.2. The highest BCUT2D eigenvalue weighted by atomic mass is 16.5. The summed E-state index contributed by atoms with van der Waals surface area (Å²) >= 11 is 0. The van der Waals surface area contributed by atoms with Crippen LogP contribution < -0.4 is 14.4 Å². The average Bonchev–Trinajstić information content (AvgIpc) is 3.49. The molecule has 0 spiro atoms. The lowest BCUT2D eigenvalue weighted by Gasteiger charge is -2.24. The van der Waals surface area contributed by atoms with E-state index in [1.807, 2.05) is 30.3 Å². The molecule has 1 aliphatic rings. The monoisotopic (exact) mass is 455 g/mol. The minimum atomic E-state index is -0.981. The third-order valence-electron chi connectivity index (χ3n) is 5.92. The minimum absolute atomic E-state index is 0.0573. The Morgan fingerprint density at radius 3 is 2.29 bits per heavy atom. The number of carbonyl (C=O) groups excluding carboxylic acids is 2. The van der Waals surface area contributed by atoms with E-state index in [0.717, 1.165) is 10.8 Å². The smallest absolute Gasteiger partial charge is 0.300 e. The zero-order valence-electron chi connectivity index (χ0n) is 18.5. The number of methoxy groups -OCH3 is 2. The van der Waals surface area contributed by atoms with Crippen LogP contribution in [0.15, 0.2) is 89.0 Å². The first-order chi connectivity index (χ1) is 16.5. The van der Waals surface area contributed by atoms with Crippen LogP contribution in [0, 0.1) is 0 Å². The van der Waals surface area contributed by atoms with E-state index in [2.05, 4.69) is 0 Å². The number of aliphatic hydroxyl groups is 1. The van der Waals surface area contributed by atoms with E-state index >= 15 is 0 Å². The normalized spacial score (nSPS) is 17.4. The number of amides is 1. The highest BCUT2D eigenvalue weighted by Gasteiger charge is 2.48. The number of hydrogen-bond donors (Lipinski definition) is 1. The molecule has 7 nitrogen and oxygen atoms in total. The molecule has 2 heterocycles. The zero-order chi connectivity index (χ0) is 23.8. The van der Waals surface area contributed by atoms with E-state index in [-0.39, 0.29) is 11.3 Å². The molecule has 1 unspecified atom stereocenters. The fourth-order valence-corrected chi connectivity index (χ4v) is 4.32. The summed E-state index contributed by atoms with van der Waals surface area (Å²) in [6.45, 7) is 0. The number of aliphatic hydroxyl groups excluding tert-OH is 1. The first-order valence-corrected chi connectivity index (χ1v) is 10.6. The fraction of sp³-hybridized carbons (Fsp3) is 0.111. The van der Waals surface area contributed by atoms with Crippen LogP contribution in [-0.4, -0.2) is 31.0 Å². The summed E-state index contributed by atoms with van der Waals surface area (Å²) < 4.78 is 16.3. The Balaban J connectivity index is 1.76. The molecule has 1 atom stereocenters. The molecule has 1 aromatic heterocycles. The molecule has 1 N–H and O–H groups in total. The van der Waals surface area contributed by atoms with Gasteiger partial charge in [0, 0.05) is 23.8 Å². The number of Topliss-reactive ketones (excluding diaryl/α,β-unsaturated/α-hetero) is 1. The second-order valence-corrected chi connectivity index (χ2v) is 7.78. The molecule has 0 aliphatic carbocycles. The molecule has 0 bridgehead atoms. The number of hydrogen-bond acceptors (Lipinski definition) is 6. The largest absolute Gasteiger partial charge is 0.507 e. The number of carbonyl (C=O) groups is 2. The topological polar surface area (TPSA) is 89.2 Å². The van der Waals surface area contributed by atoms with E-state index < -0.39 is 17.7 Å². The molecular weight excluding hydrogens is 434 g/mol. The summed E-state index contributed by atoms with van der Waals surface area (Å²) in [6.07, 6.45) is 1.46. The predicted octanol–water partition coefficient (Wildman–Crippen LogP) is 5.08. The number of fused-ring (bicyclic) bond motifs is 1. The Bertz CT molecular complexity index is 1410. The molecule has 5 rings (SSSR count). The average molecular weight is 455 g/mol. The quantitative estimate of drug-likeness (QED) is 0.257. The summed E-state index contributed by atoms with van der Waals surface area (Å²) in [5.41, 5.74) is 0.769.